The number of halogens is 3. The zero-order chi connectivity index (χ0) is 10.8. The lowest BCUT2D eigenvalue weighted by atomic mass is 10.1. The standard InChI is InChI=1S/C12H6Cl2F/c13-8-5-6-9(11(14)7-8)10-3-1-2-4-12(10)15/h1-6H. The molecule has 0 aromatic heterocycles. The van der Waals surface area contributed by atoms with Crippen LogP contribution in [0.15, 0.2) is 36.4 Å². The van der Waals surface area contributed by atoms with Gasteiger partial charge in [0, 0.05) is 17.2 Å². The molecule has 1 radical (unpaired) electrons. The van der Waals surface area contributed by atoms with E-state index in [1.54, 1.807) is 30.3 Å². The Morgan fingerprint density at radius 3 is 2.33 bits per heavy atom. The Hall–Kier alpha value is -1.05. The van der Waals surface area contributed by atoms with Crippen molar-refractivity contribution >= 4 is 23.2 Å². The lowest BCUT2D eigenvalue weighted by Crippen LogP contribution is -1.84. The molecule has 0 heterocycles. The van der Waals surface area contributed by atoms with E-state index in [0.717, 1.165) is 0 Å². The van der Waals surface area contributed by atoms with Gasteiger partial charge >= 0.3 is 0 Å². The molecule has 0 atom stereocenters. The van der Waals surface area contributed by atoms with Crippen molar-refractivity contribution in [3.8, 4) is 11.1 Å². The van der Waals surface area contributed by atoms with E-state index in [1.807, 2.05) is 0 Å². The highest BCUT2D eigenvalue weighted by atomic mass is 35.5. The maximum Gasteiger partial charge on any atom is 0.131 e. The fraction of sp³-hybridized carbons (Fsp3) is 0. The molecule has 0 aliphatic carbocycles. The molecule has 0 N–H and O–H groups in total. The minimum absolute atomic E-state index is 0.310. The first-order chi connectivity index (χ1) is 7.18. The molecule has 0 saturated heterocycles. The third kappa shape index (κ3) is 2.14. The van der Waals surface area contributed by atoms with Gasteiger partial charge in [-0.15, -0.1) is 0 Å². The van der Waals surface area contributed by atoms with Gasteiger partial charge in [-0.3, -0.25) is 0 Å². The molecule has 0 saturated carbocycles. The molecule has 0 unspecified atom stereocenters. The predicted octanol–water partition coefficient (Wildman–Crippen LogP) is 4.60. The van der Waals surface area contributed by atoms with Gasteiger partial charge in [0.2, 0.25) is 0 Å². The zero-order valence-corrected chi connectivity index (χ0v) is 9.11. The first-order valence-electron chi connectivity index (χ1n) is 4.30. The van der Waals surface area contributed by atoms with E-state index in [-0.39, 0.29) is 5.82 Å². The second-order valence-corrected chi connectivity index (χ2v) is 3.80. The van der Waals surface area contributed by atoms with Crippen molar-refractivity contribution in [3.05, 3.63) is 58.3 Å². The number of benzene rings is 2. The minimum atomic E-state index is -0.310. The fourth-order valence-electron chi connectivity index (χ4n) is 1.33. The van der Waals surface area contributed by atoms with Gasteiger partial charge < -0.3 is 0 Å². The van der Waals surface area contributed by atoms with Gasteiger partial charge in [-0.05, 0) is 12.1 Å². The molecule has 0 fully saturated rings. The van der Waals surface area contributed by atoms with E-state index < -0.39 is 0 Å². The molecule has 0 aliphatic rings. The van der Waals surface area contributed by atoms with Crippen LogP contribution in [0, 0.1) is 11.9 Å². The average Bonchev–Trinajstić information content (AvgIpc) is 2.20. The summed E-state index contributed by atoms with van der Waals surface area (Å²) in [5.74, 6) is -0.310. The van der Waals surface area contributed by atoms with Crippen LogP contribution in [0.1, 0.15) is 0 Å². The Balaban J connectivity index is 2.60. The Bertz CT molecular complexity index is 495. The monoisotopic (exact) mass is 239 g/mol. The molecule has 0 bridgehead atoms. The molecule has 0 aliphatic heterocycles. The van der Waals surface area contributed by atoms with Crippen molar-refractivity contribution in [1.82, 2.24) is 0 Å². The first kappa shape index (κ1) is 10.5. The summed E-state index contributed by atoms with van der Waals surface area (Å²) in [6.07, 6.45) is 0. The molecule has 2 rings (SSSR count). The lowest BCUT2D eigenvalue weighted by molar-refractivity contribution is 0.631. The van der Waals surface area contributed by atoms with Gasteiger partial charge in [0.05, 0.1) is 10.0 Å². The van der Waals surface area contributed by atoms with Crippen molar-refractivity contribution < 1.29 is 4.39 Å². The Morgan fingerprint density at radius 1 is 0.933 bits per heavy atom. The fourth-order valence-corrected chi connectivity index (χ4v) is 1.80. The molecular weight excluding hydrogens is 234 g/mol. The Morgan fingerprint density at radius 2 is 1.67 bits per heavy atom. The third-order valence-corrected chi connectivity index (χ3v) is 2.54. The minimum Gasteiger partial charge on any atom is -0.206 e. The summed E-state index contributed by atoms with van der Waals surface area (Å²) in [6.45, 7) is 0. The van der Waals surface area contributed by atoms with Crippen LogP contribution in [0.25, 0.3) is 11.1 Å². The Labute approximate surface area is 97.3 Å². The SMILES string of the molecule is Fc1ccccc1-c1ccc(Cl)[c]c1Cl. The number of hydrogen-bond acceptors (Lipinski definition) is 0. The molecule has 15 heavy (non-hydrogen) atoms. The summed E-state index contributed by atoms with van der Waals surface area (Å²) in [7, 11) is 0. The van der Waals surface area contributed by atoms with Crippen LogP contribution in [0.2, 0.25) is 10.0 Å². The van der Waals surface area contributed by atoms with Crippen LogP contribution in [0.4, 0.5) is 4.39 Å². The second-order valence-electron chi connectivity index (χ2n) is 3.01. The van der Waals surface area contributed by atoms with E-state index in [9.17, 15) is 4.39 Å². The van der Waals surface area contributed by atoms with Gasteiger partial charge in [0.1, 0.15) is 5.82 Å². The van der Waals surface area contributed by atoms with E-state index in [4.69, 9.17) is 23.2 Å². The quantitative estimate of drug-likeness (QED) is 0.683. The summed E-state index contributed by atoms with van der Waals surface area (Å²) < 4.78 is 13.5. The topological polar surface area (TPSA) is 0 Å². The number of hydrogen-bond donors (Lipinski definition) is 0. The average molecular weight is 240 g/mol. The summed E-state index contributed by atoms with van der Waals surface area (Å²) >= 11 is 11.6. The highest BCUT2D eigenvalue weighted by Gasteiger charge is 2.08. The van der Waals surface area contributed by atoms with Crippen LogP contribution in [0.5, 0.6) is 0 Å². The van der Waals surface area contributed by atoms with Crippen molar-refractivity contribution in [2.45, 2.75) is 0 Å². The lowest BCUT2D eigenvalue weighted by Gasteiger charge is -2.05. The molecule has 0 nitrogen and oxygen atoms in total. The van der Waals surface area contributed by atoms with Gasteiger partial charge in [-0.25, -0.2) is 4.39 Å². The third-order valence-electron chi connectivity index (χ3n) is 2.03. The maximum atomic E-state index is 13.5. The van der Waals surface area contributed by atoms with Crippen molar-refractivity contribution in [3.63, 3.8) is 0 Å². The van der Waals surface area contributed by atoms with Crippen molar-refractivity contribution in [2.24, 2.45) is 0 Å². The van der Waals surface area contributed by atoms with E-state index >= 15 is 0 Å². The Kier molecular flexibility index (Phi) is 2.94. The van der Waals surface area contributed by atoms with Crippen LogP contribution in [0.3, 0.4) is 0 Å². The van der Waals surface area contributed by atoms with Crippen molar-refractivity contribution in [2.75, 3.05) is 0 Å². The predicted molar refractivity (Wildman–Crippen MR) is 60.7 cm³/mol. The molecular formula is C12H6Cl2F. The highest BCUT2D eigenvalue weighted by Crippen LogP contribution is 2.31. The van der Waals surface area contributed by atoms with Gasteiger partial charge in [-0.1, -0.05) is 47.5 Å². The van der Waals surface area contributed by atoms with E-state index in [2.05, 4.69) is 6.07 Å². The first-order valence-corrected chi connectivity index (χ1v) is 5.06. The van der Waals surface area contributed by atoms with Crippen LogP contribution in [-0.2, 0) is 0 Å². The van der Waals surface area contributed by atoms with Crippen LogP contribution >= 0.6 is 23.2 Å². The molecule has 2 aromatic carbocycles. The van der Waals surface area contributed by atoms with Crippen LogP contribution in [-0.4, -0.2) is 0 Å². The molecule has 0 spiro atoms. The van der Waals surface area contributed by atoms with Crippen LogP contribution < -0.4 is 0 Å². The van der Waals surface area contributed by atoms with Gasteiger partial charge in [-0.2, -0.15) is 0 Å². The van der Waals surface area contributed by atoms with Crippen molar-refractivity contribution in [1.29, 1.82) is 0 Å². The summed E-state index contributed by atoms with van der Waals surface area (Å²) in [5.41, 5.74) is 1.05. The zero-order valence-electron chi connectivity index (χ0n) is 7.60. The number of rotatable bonds is 1. The summed E-state index contributed by atoms with van der Waals surface area (Å²) in [4.78, 5) is 0. The molecule has 2 aromatic rings. The van der Waals surface area contributed by atoms with E-state index in [1.165, 1.54) is 6.07 Å². The normalized spacial score (nSPS) is 10.3. The highest BCUT2D eigenvalue weighted by molar-refractivity contribution is 6.36. The second kappa shape index (κ2) is 4.21. The molecule has 3 heteroatoms. The van der Waals surface area contributed by atoms with Gasteiger partial charge in [0.25, 0.3) is 0 Å². The van der Waals surface area contributed by atoms with E-state index in [0.29, 0.717) is 21.2 Å². The maximum absolute atomic E-state index is 13.5. The molecule has 75 valence electrons. The molecule has 0 amide bonds. The largest absolute Gasteiger partial charge is 0.206 e. The summed E-state index contributed by atoms with van der Waals surface area (Å²) in [5, 5.41) is 0.743. The van der Waals surface area contributed by atoms with Gasteiger partial charge in [0.15, 0.2) is 0 Å². The smallest absolute Gasteiger partial charge is 0.131 e. The summed E-state index contributed by atoms with van der Waals surface area (Å²) in [6, 6.07) is 12.5.